The van der Waals surface area contributed by atoms with E-state index in [9.17, 15) is 0 Å². The molecule has 0 aromatic carbocycles. The topological polar surface area (TPSA) is 6.48 Å². The Morgan fingerprint density at radius 2 is 0.676 bits per heavy atom. The summed E-state index contributed by atoms with van der Waals surface area (Å²) in [6.07, 6.45) is 39.5. The molecule has 0 aliphatic carbocycles. The van der Waals surface area contributed by atoms with Crippen molar-refractivity contribution in [1.82, 2.24) is 9.80 Å². The van der Waals surface area contributed by atoms with Gasteiger partial charge in [-0.3, -0.25) is 0 Å². The van der Waals surface area contributed by atoms with Gasteiger partial charge in [0.15, 0.2) is 0 Å². The molecule has 2 nitrogen and oxygen atoms in total. The SMILES string of the molecule is CCCCCCCCCCCCN1C=CN(CCCCCCCCCCCC)C1CCCCC. The molecule has 0 saturated carbocycles. The second-order valence-corrected chi connectivity index (χ2v) is 11.1. The number of hydrogen-bond donors (Lipinski definition) is 0. The predicted molar refractivity (Wildman–Crippen MR) is 154 cm³/mol. The van der Waals surface area contributed by atoms with Gasteiger partial charge in [-0.05, 0) is 25.7 Å². The van der Waals surface area contributed by atoms with Crippen LogP contribution in [0.25, 0.3) is 0 Å². The van der Waals surface area contributed by atoms with Gasteiger partial charge in [-0.15, -0.1) is 0 Å². The molecular formula is C32H64N2. The van der Waals surface area contributed by atoms with Crippen LogP contribution >= 0.6 is 0 Å². The number of rotatable bonds is 26. The van der Waals surface area contributed by atoms with Crippen molar-refractivity contribution in [1.29, 1.82) is 0 Å². The van der Waals surface area contributed by atoms with Gasteiger partial charge in [0.25, 0.3) is 0 Å². The van der Waals surface area contributed by atoms with Gasteiger partial charge in [-0.1, -0.05) is 149 Å². The Balaban J connectivity index is 2.14. The van der Waals surface area contributed by atoms with Gasteiger partial charge < -0.3 is 9.80 Å². The van der Waals surface area contributed by atoms with Crippen molar-refractivity contribution in [2.45, 2.75) is 181 Å². The molecule has 0 atom stereocenters. The van der Waals surface area contributed by atoms with E-state index in [1.54, 1.807) is 0 Å². The van der Waals surface area contributed by atoms with Crippen molar-refractivity contribution >= 4 is 0 Å². The van der Waals surface area contributed by atoms with E-state index < -0.39 is 0 Å². The summed E-state index contributed by atoms with van der Waals surface area (Å²) in [6.45, 7) is 9.47. The highest BCUT2D eigenvalue weighted by Crippen LogP contribution is 2.23. The quantitative estimate of drug-likeness (QED) is 0.114. The average Bonchev–Trinajstić information content (AvgIpc) is 3.23. The van der Waals surface area contributed by atoms with Crippen LogP contribution in [-0.2, 0) is 0 Å². The molecule has 2 heteroatoms. The minimum absolute atomic E-state index is 0.642. The summed E-state index contributed by atoms with van der Waals surface area (Å²) in [5.41, 5.74) is 0. The second kappa shape index (κ2) is 24.1. The highest BCUT2D eigenvalue weighted by Gasteiger charge is 2.24. The maximum atomic E-state index is 2.68. The lowest BCUT2D eigenvalue weighted by atomic mass is 10.1. The second-order valence-electron chi connectivity index (χ2n) is 11.1. The van der Waals surface area contributed by atoms with E-state index >= 15 is 0 Å². The van der Waals surface area contributed by atoms with Crippen LogP contribution in [0.1, 0.15) is 175 Å². The van der Waals surface area contributed by atoms with Crippen LogP contribution in [0, 0.1) is 0 Å². The summed E-state index contributed by atoms with van der Waals surface area (Å²) in [4.78, 5) is 5.35. The number of nitrogens with zero attached hydrogens (tertiary/aromatic N) is 2. The normalized spacial score (nSPS) is 14.1. The third kappa shape index (κ3) is 16.9. The Morgan fingerprint density at radius 1 is 0.382 bits per heavy atom. The van der Waals surface area contributed by atoms with Gasteiger partial charge in [-0.2, -0.15) is 0 Å². The largest absolute Gasteiger partial charge is 0.356 e. The molecule has 0 radical (unpaired) electrons. The average molecular weight is 477 g/mol. The van der Waals surface area contributed by atoms with Crippen LogP contribution in [0.2, 0.25) is 0 Å². The highest BCUT2D eigenvalue weighted by molar-refractivity contribution is 4.97. The minimum Gasteiger partial charge on any atom is -0.356 e. The molecule has 0 spiro atoms. The van der Waals surface area contributed by atoms with Gasteiger partial charge in [0.05, 0.1) is 0 Å². The standard InChI is InChI=1S/C32H64N2/c1-4-7-10-12-14-16-18-20-22-25-28-33-30-31-34(32(33)27-24-9-6-3)29-26-23-21-19-17-15-13-11-8-5-2/h30-32H,4-29H2,1-3H3. The molecule has 0 N–H and O–H groups in total. The molecule has 0 saturated heterocycles. The monoisotopic (exact) mass is 477 g/mol. The van der Waals surface area contributed by atoms with E-state index in [-0.39, 0.29) is 0 Å². The van der Waals surface area contributed by atoms with Crippen LogP contribution in [0.3, 0.4) is 0 Å². The number of unbranched alkanes of at least 4 members (excludes halogenated alkanes) is 20. The molecule has 0 bridgehead atoms. The van der Waals surface area contributed by atoms with Gasteiger partial charge in [0, 0.05) is 25.5 Å². The lowest BCUT2D eigenvalue weighted by Gasteiger charge is -2.33. The van der Waals surface area contributed by atoms with Crippen molar-refractivity contribution in [2.24, 2.45) is 0 Å². The first-order valence-corrected chi connectivity index (χ1v) is 16.0. The lowest BCUT2D eigenvalue weighted by Crippen LogP contribution is -2.39. The molecule has 1 aliphatic rings. The Labute approximate surface area is 216 Å². The molecule has 0 aromatic rings. The molecular weight excluding hydrogens is 412 g/mol. The van der Waals surface area contributed by atoms with Crippen molar-refractivity contribution in [2.75, 3.05) is 13.1 Å². The van der Waals surface area contributed by atoms with Crippen LogP contribution in [-0.4, -0.2) is 29.1 Å². The zero-order valence-corrected chi connectivity index (χ0v) is 24.0. The third-order valence-electron chi connectivity index (χ3n) is 7.82. The zero-order valence-electron chi connectivity index (χ0n) is 24.0. The zero-order chi connectivity index (χ0) is 24.5. The van der Waals surface area contributed by atoms with Crippen molar-refractivity contribution in [3.63, 3.8) is 0 Å². The smallest absolute Gasteiger partial charge is 0.101 e. The van der Waals surface area contributed by atoms with Gasteiger partial charge in [0.1, 0.15) is 6.17 Å². The Kier molecular flexibility index (Phi) is 22.2. The van der Waals surface area contributed by atoms with Crippen LogP contribution < -0.4 is 0 Å². The van der Waals surface area contributed by atoms with Crippen molar-refractivity contribution in [3.8, 4) is 0 Å². The van der Waals surface area contributed by atoms with E-state index in [4.69, 9.17) is 0 Å². The fourth-order valence-electron chi connectivity index (χ4n) is 5.48. The van der Waals surface area contributed by atoms with E-state index in [0.29, 0.717) is 6.17 Å². The molecule has 1 heterocycles. The maximum Gasteiger partial charge on any atom is 0.101 e. The number of hydrogen-bond acceptors (Lipinski definition) is 2. The van der Waals surface area contributed by atoms with Crippen molar-refractivity contribution < 1.29 is 0 Å². The molecule has 0 fully saturated rings. The Morgan fingerprint density at radius 3 is 1.03 bits per heavy atom. The summed E-state index contributed by atoms with van der Waals surface area (Å²) >= 11 is 0. The predicted octanol–water partition coefficient (Wildman–Crippen LogP) is 10.8. The third-order valence-corrected chi connectivity index (χ3v) is 7.82. The first-order chi connectivity index (χ1) is 16.8. The maximum absolute atomic E-state index is 2.68. The molecule has 1 rings (SSSR count). The fraction of sp³-hybridized carbons (Fsp3) is 0.938. The summed E-state index contributed by atoms with van der Waals surface area (Å²) < 4.78 is 0. The van der Waals surface area contributed by atoms with E-state index in [0.717, 1.165) is 0 Å². The summed E-state index contributed by atoms with van der Waals surface area (Å²) in [5, 5.41) is 0. The van der Waals surface area contributed by atoms with E-state index in [1.807, 2.05) is 0 Å². The molecule has 202 valence electrons. The lowest BCUT2D eigenvalue weighted by molar-refractivity contribution is 0.135. The molecule has 1 aliphatic heterocycles. The highest BCUT2D eigenvalue weighted by atomic mass is 15.4. The van der Waals surface area contributed by atoms with Crippen LogP contribution in [0.4, 0.5) is 0 Å². The summed E-state index contributed by atoms with van der Waals surface area (Å²) in [6, 6.07) is 0. The van der Waals surface area contributed by atoms with Gasteiger partial charge in [0.2, 0.25) is 0 Å². The fourth-order valence-corrected chi connectivity index (χ4v) is 5.48. The minimum atomic E-state index is 0.642. The first-order valence-electron chi connectivity index (χ1n) is 16.0. The van der Waals surface area contributed by atoms with Crippen LogP contribution in [0.5, 0.6) is 0 Å². The van der Waals surface area contributed by atoms with Gasteiger partial charge >= 0.3 is 0 Å². The van der Waals surface area contributed by atoms with Crippen LogP contribution in [0.15, 0.2) is 12.4 Å². The first kappa shape index (κ1) is 31.4. The van der Waals surface area contributed by atoms with E-state index in [1.165, 1.54) is 167 Å². The summed E-state index contributed by atoms with van der Waals surface area (Å²) in [7, 11) is 0. The summed E-state index contributed by atoms with van der Waals surface area (Å²) in [5.74, 6) is 0. The Hall–Kier alpha value is -0.660. The molecule has 0 unspecified atom stereocenters. The molecule has 0 aromatic heterocycles. The van der Waals surface area contributed by atoms with Gasteiger partial charge in [-0.25, -0.2) is 0 Å². The van der Waals surface area contributed by atoms with Crippen molar-refractivity contribution in [3.05, 3.63) is 12.4 Å². The molecule has 34 heavy (non-hydrogen) atoms. The Bertz CT molecular complexity index is 399. The van der Waals surface area contributed by atoms with E-state index in [2.05, 4.69) is 43.0 Å². The molecule has 0 amide bonds.